The van der Waals surface area contributed by atoms with Gasteiger partial charge in [-0.3, -0.25) is 14.4 Å². The van der Waals surface area contributed by atoms with E-state index in [4.69, 9.17) is 23.9 Å². The SMILES string of the molecule is CCc1c2c(nc3ccc(OC(=O)CCCCCCCCCCC(=O)Oc4cc(C)c5c(c4)CC[C@@](C)(CCC[C@H](C)CCC[C@H](C)CCCC(C)C)O5)cc13)-c1cc3c(c(=O)n1C2)COC(=O)[C@]3(O)CC. The zero-order valence-corrected chi connectivity index (χ0v) is 45.0. The number of aliphatic hydroxyl groups is 1. The van der Waals surface area contributed by atoms with Crippen molar-refractivity contribution in [2.75, 3.05) is 0 Å². The first-order valence-electron chi connectivity index (χ1n) is 27.9. The predicted molar refractivity (Wildman–Crippen MR) is 285 cm³/mol. The Kier molecular flexibility index (Phi) is 18.9. The minimum Gasteiger partial charge on any atom is -0.487 e. The van der Waals surface area contributed by atoms with Crippen molar-refractivity contribution in [2.45, 2.75) is 227 Å². The highest BCUT2D eigenvalue weighted by molar-refractivity contribution is 5.90. The molecule has 0 saturated heterocycles. The zero-order valence-electron chi connectivity index (χ0n) is 45.0. The lowest BCUT2D eigenvalue weighted by molar-refractivity contribution is -0.172. The van der Waals surface area contributed by atoms with Crippen molar-refractivity contribution in [3.05, 3.63) is 80.1 Å². The summed E-state index contributed by atoms with van der Waals surface area (Å²) in [4.78, 5) is 57.0. The number of unbranched alkanes of at least 4 members (excludes halogenated alkanes) is 7. The summed E-state index contributed by atoms with van der Waals surface area (Å²) in [5.74, 6) is 3.25. The highest BCUT2D eigenvalue weighted by Gasteiger charge is 2.45. The van der Waals surface area contributed by atoms with Crippen LogP contribution in [0.15, 0.2) is 41.2 Å². The first kappa shape index (κ1) is 54.7. The molecule has 72 heavy (non-hydrogen) atoms. The number of fused-ring (bicyclic) bond motifs is 6. The van der Waals surface area contributed by atoms with Gasteiger partial charge in [0.25, 0.3) is 5.56 Å². The number of cyclic esters (lactones) is 1. The van der Waals surface area contributed by atoms with Crippen LogP contribution >= 0.6 is 0 Å². The van der Waals surface area contributed by atoms with Crippen LogP contribution in [0.4, 0.5) is 0 Å². The van der Waals surface area contributed by atoms with E-state index >= 15 is 0 Å². The Labute approximate surface area is 429 Å². The van der Waals surface area contributed by atoms with E-state index in [0.29, 0.717) is 59.8 Å². The summed E-state index contributed by atoms with van der Waals surface area (Å²) in [6.07, 6.45) is 22.7. The van der Waals surface area contributed by atoms with Crippen LogP contribution in [-0.2, 0) is 50.7 Å². The highest BCUT2D eigenvalue weighted by atomic mass is 16.6. The Balaban J connectivity index is 0.760. The van der Waals surface area contributed by atoms with E-state index in [1.54, 1.807) is 23.6 Å². The second-order valence-electron chi connectivity index (χ2n) is 22.5. The molecule has 0 unspecified atom stereocenters. The fourth-order valence-corrected chi connectivity index (χ4v) is 11.4. The molecule has 2 aromatic heterocycles. The molecule has 11 nitrogen and oxygen atoms in total. The summed E-state index contributed by atoms with van der Waals surface area (Å²) in [6.45, 7) is 17.7. The average Bonchev–Trinajstić information content (AvgIpc) is 3.71. The average molecular weight is 989 g/mol. The number of aryl methyl sites for hydroxylation is 3. The van der Waals surface area contributed by atoms with Gasteiger partial charge in [-0.25, -0.2) is 9.78 Å². The lowest BCUT2D eigenvalue weighted by Gasteiger charge is -2.37. The summed E-state index contributed by atoms with van der Waals surface area (Å²) >= 11 is 0. The van der Waals surface area contributed by atoms with Gasteiger partial charge in [0.2, 0.25) is 0 Å². The minimum atomic E-state index is -1.89. The molecule has 0 fully saturated rings. The van der Waals surface area contributed by atoms with Gasteiger partial charge in [-0.2, -0.15) is 0 Å². The zero-order chi connectivity index (χ0) is 51.6. The second-order valence-corrected chi connectivity index (χ2v) is 22.5. The quantitative estimate of drug-likeness (QED) is 0.0307. The minimum absolute atomic E-state index is 0.0802. The van der Waals surface area contributed by atoms with E-state index in [0.717, 1.165) is 122 Å². The Bertz CT molecular complexity index is 2610. The smallest absolute Gasteiger partial charge is 0.343 e. The van der Waals surface area contributed by atoms with Gasteiger partial charge in [-0.1, -0.05) is 125 Å². The number of benzene rings is 2. The van der Waals surface area contributed by atoms with Gasteiger partial charge in [-0.05, 0) is 136 Å². The van der Waals surface area contributed by atoms with Gasteiger partial charge in [0.15, 0.2) is 5.60 Å². The maximum Gasteiger partial charge on any atom is 0.343 e. The van der Waals surface area contributed by atoms with Gasteiger partial charge in [0.05, 0.1) is 29.0 Å². The van der Waals surface area contributed by atoms with Crippen LogP contribution in [0.2, 0.25) is 0 Å². The Hall–Kier alpha value is -5.03. The highest BCUT2D eigenvalue weighted by Crippen LogP contribution is 2.43. The second kappa shape index (κ2) is 24.8. The van der Waals surface area contributed by atoms with E-state index in [-0.39, 0.29) is 41.7 Å². The van der Waals surface area contributed by atoms with E-state index < -0.39 is 11.6 Å². The molecule has 0 amide bonds. The number of rotatable bonds is 27. The fourth-order valence-electron chi connectivity index (χ4n) is 11.4. The van der Waals surface area contributed by atoms with Gasteiger partial charge in [-0.15, -0.1) is 0 Å². The van der Waals surface area contributed by atoms with Crippen molar-refractivity contribution in [1.82, 2.24) is 9.55 Å². The number of carbonyl (C=O) groups is 3. The van der Waals surface area contributed by atoms with Crippen molar-refractivity contribution in [2.24, 2.45) is 17.8 Å². The molecule has 7 rings (SSSR count). The van der Waals surface area contributed by atoms with Crippen molar-refractivity contribution < 1.29 is 38.4 Å². The van der Waals surface area contributed by atoms with Gasteiger partial charge in [0.1, 0.15) is 29.5 Å². The molecule has 0 spiro atoms. The van der Waals surface area contributed by atoms with Crippen LogP contribution in [0.25, 0.3) is 22.3 Å². The van der Waals surface area contributed by atoms with Crippen molar-refractivity contribution in [3.63, 3.8) is 0 Å². The van der Waals surface area contributed by atoms with E-state index in [1.165, 1.54) is 51.4 Å². The number of hydrogen-bond donors (Lipinski definition) is 1. The van der Waals surface area contributed by atoms with Crippen LogP contribution in [0.5, 0.6) is 17.2 Å². The third-order valence-corrected chi connectivity index (χ3v) is 16.0. The number of ether oxygens (including phenoxy) is 4. The molecule has 5 heterocycles. The van der Waals surface area contributed by atoms with E-state index in [9.17, 15) is 24.3 Å². The van der Waals surface area contributed by atoms with Crippen LogP contribution in [0.1, 0.15) is 217 Å². The Morgan fingerprint density at radius 2 is 1.40 bits per heavy atom. The first-order chi connectivity index (χ1) is 34.5. The maximum absolute atomic E-state index is 13.7. The predicted octanol–water partition coefficient (Wildman–Crippen LogP) is 13.9. The summed E-state index contributed by atoms with van der Waals surface area (Å²) in [5.41, 5.74) is 4.25. The number of pyridine rings is 2. The molecule has 3 aliphatic rings. The number of nitrogens with zero attached hydrogens (tertiary/aromatic N) is 2. The van der Waals surface area contributed by atoms with Crippen molar-refractivity contribution >= 4 is 28.8 Å². The fraction of sp³-hybridized carbons (Fsp3) is 0.623. The van der Waals surface area contributed by atoms with Crippen LogP contribution in [-0.4, -0.2) is 38.2 Å². The lowest BCUT2D eigenvalue weighted by Crippen LogP contribution is -2.44. The molecular weight excluding hydrogens is 905 g/mol. The summed E-state index contributed by atoms with van der Waals surface area (Å²) in [6, 6.07) is 11.1. The summed E-state index contributed by atoms with van der Waals surface area (Å²) < 4.78 is 25.2. The normalized spacial score (nSPS) is 18.7. The first-order valence-corrected chi connectivity index (χ1v) is 27.9. The monoisotopic (exact) mass is 989 g/mol. The molecule has 4 atom stereocenters. The summed E-state index contributed by atoms with van der Waals surface area (Å²) in [5, 5.41) is 12.1. The molecule has 392 valence electrons. The van der Waals surface area contributed by atoms with Crippen LogP contribution < -0.4 is 19.8 Å². The van der Waals surface area contributed by atoms with Gasteiger partial charge in [0, 0.05) is 29.4 Å². The third-order valence-electron chi connectivity index (χ3n) is 16.0. The van der Waals surface area contributed by atoms with Gasteiger partial charge < -0.3 is 28.6 Å². The molecule has 0 saturated carbocycles. The largest absolute Gasteiger partial charge is 0.487 e. The van der Waals surface area contributed by atoms with Gasteiger partial charge >= 0.3 is 17.9 Å². The lowest BCUT2D eigenvalue weighted by atomic mass is 9.85. The summed E-state index contributed by atoms with van der Waals surface area (Å²) in [7, 11) is 0. The molecule has 0 bridgehead atoms. The molecule has 1 N–H and O–H groups in total. The standard InChI is InChI=1S/C61H84N2O9/c1-9-47-48-36-45(29-30-52(48)62-56-49(47)38-63-53(56)37-51-50(58(63)66)39-69-59(67)61(51,68)10-2)70-54(64)27-17-15-13-11-12-14-16-18-28-55(65)71-46-34-43(7)57-44(35-46)31-33-60(8,72-57)32-21-26-42(6)25-20-24-41(5)23-19-22-40(3)4/h29-30,34-37,40-42,68H,9-28,31-33,38-39H2,1-8H3/t41-,42-,60-,61+/m1/s1. The topological polar surface area (TPSA) is 143 Å². The molecule has 2 aromatic carbocycles. The van der Waals surface area contributed by atoms with E-state index in [1.807, 2.05) is 31.2 Å². The van der Waals surface area contributed by atoms with Crippen molar-refractivity contribution in [3.8, 4) is 28.6 Å². The third kappa shape index (κ3) is 13.4. The molecule has 0 aliphatic carbocycles. The molecular formula is C61H84N2O9. The van der Waals surface area contributed by atoms with Crippen LogP contribution in [0, 0.1) is 24.7 Å². The maximum atomic E-state index is 13.7. The Morgan fingerprint density at radius 1 is 0.778 bits per heavy atom. The Morgan fingerprint density at radius 3 is 2.04 bits per heavy atom. The van der Waals surface area contributed by atoms with Crippen molar-refractivity contribution in [1.29, 1.82) is 0 Å². The van der Waals surface area contributed by atoms with E-state index in [2.05, 4.69) is 41.5 Å². The number of aromatic nitrogens is 2. The molecule has 4 aromatic rings. The molecule has 11 heteroatoms. The number of carbonyl (C=O) groups excluding carboxylic acids is 3. The number of hydrogen-bond acceptors (Lipinski definition) is 10. The molecule has 3 aliphatic heterocycles. The van der Waals surface area contributed by atoms with Crippen LogP contribution in [0.3, 0.4) is 0 Å². The number of esters is 3. The molecule has 0 radical (unpaired) electrons.